The van der Waals surface area contributed by atoms with Crippen molar-refractivity contribution < 1.29 is 4.79 Å². The Morgan fingerprint density at radius 3 is 2.50 bits per heavy atom. The van der Waals surface area contributed by atoms with Crippen LogP contribution in [0, 0.1) is 0 Å². The first kappa shape index (κ1) is 11.4. The average Bonchev–Trinajstić information content (AvgIpc) is 2.11. The fourth-order valence-corrected chi connectivity index (χ4v) is 1.12. The number of rotatable bonds is 6. The second kappa shape index (κ2) is 7.10. The molecule has 0 saturated heterocycles. The molecule has 0 aliphatic rings. The van der Waals surface area contributed by atoms with Crippen molar-refractivity contribution in [3.8, 4) is 0 Å². The summed E-state index contributed by atoms with van der Waals surface area (Å²) in [6, 6.07) is 0.493. The lowest BCUT2D eigenvalue weighted by Crippen LogP contribution is -2.37. The number of carbonyl (C=O) groups excluding carboxylic acids is 1. The van der Waals surface area contributed by atoms with Crippen molar-refractivity contribution in [3.05, 3.63) is 0 Å². The maximum absolute atomic E-state index is 10.9. The van der Waals surface area contributed by atoms with Crippen molar-refractivity contribution in [2.45, 2.75) is 39.2 Å². The van der Waals surface area contributed by atoms with Gasteiger partial charge in [-0.2, -0.15) is 0 Å². The number of nitrogens with one attached hydrogen (secondary N) is 2. The fourth-order valence-electron chi connectivity index (χ4n) is 1.12. The van der Waals surface area contributed by atoms with Gasteiger partial charge in [0, 0.05) is 13.1 Å². The summed E-state index contributed by atoms with van der Waals surface area (Å²) in [5, 5.41) is 5.79. The SMILES string of the molecule is CCCC(CC)NCC(=O)NC. The molecular formula is C9H20N2O. The first-order chi connectivity index (χ1) is 5.74. The molecule has 0 aromatic carbocycles. The van der Waals surface area contributed by atoms with Crippen LogP contribution in [0.15, 0.2) is 0 Å². The van der Waals surface area contributed by atoms with E-state index in [1.807, 2.05) is 0 Å². The standard InChI is InChI=1S/C9H20N2O/c1-4-6-8(5-2)11-7-9(12)10-3/h8,11H,4-7H2,1-3H3,(H,10,12). The van der Waals surface area contributed by atoms with Crippen LogP contribution < -0.4 is 10.6 Å². The Balaban J connectivity index is 3.50. The van der Waals surface area contributed by atoms with Gasteiger partial charge in [-0.3, -0.25) is 4.79 Å². The summed E-state index contributed by atoms with van der Waals surface area (Å²) in [7, 11) is 1.66. The van der Waals surface area contributed by atoms with Gasteiger partial charge in [-0.25, -0.2) is 0 Å². The zero-order valence-electron chi connectivity index (χ0n) is 8.31. The smallest absolute Gasteiger partial charge is 0.233 e. The first-order valence-corrected chi connectivity index (χ1v) is 4.68. The molecule has 0 spiro atoms. The number of amides is 1. The van der Waals surface area contributed by atoms with Gasteiger partial charge in [0.15, 0.2) is 0 Å². The van der Waals surface area contributed by atoms with E-state index < -0.39 is 0 Å². The summed E-state index contributed by atoms with van der Waals surface area (Å²) in [5.41, 5.74) is 0. The van der Waals surface area contributed by atoms with Gasteiger partial charge in [0.2, 0.25) is 5.91 Å². The van der Waals surface area contributed by atoms with Gasteiger partial charge < -0.3 is 10.6 Å². The number of carbonyl (C=O) groups is 1. The summed E-state index contributed by atoms with van der Waals surface area (Å²) >= 11 is 0. The van der Waals surface area contributed by atoms with Crippen LogP contribution in [0.4, 0.5) is 0 Å². The number of likely N-dealkylation sites (N-methyl/N-ethyl adjacent to an activating group) is 1. The van der Waals surface area contributed by atoms with Gasteiger partial charge in [-0.05, 0) is 12.8 Å². The summed E-state index contributed by atoms with van der Waals surface area (Å²) in [6.07, 6.45) is 3.40. The van der Waals surface area contributed by atoms with Crippen LogP contribution in [-0.2, 0) is 4.79 Å². The fraction of sp³-hybridized carbons (Fsp3) is 0.889. The van der Waals surface area contributed by atoms with Gasteiger partial charge in [0.1, 0.15) is 0 Å². The molecule has 0 bridgehead atoms. The Morgan fingerprint density at radius 1 is 1.42 bits per heavy atom. The number of hydrogen-bond donors (Lipinski definition) is 2. The Kier molecular flexibility index (Phi) is 6.76. The van der Waals surface area contributed by atoms with E-state index in [0.717, 1.165) is 12.8 Å². The van der Waals surface area contributed by atoms with Crippen LogP contribution >= 0.6 is 0 Å². The van der Waals surface area contributed by atoms with E-state index in [2.05, 4.69) is 24.5 Å². The van der Waals surface area contributed by atoms with Crippen molar-refractivity contribution in [2.24, 2.45) is 0 Å². The van der Waals surface area contributed by atoms with Crippen molar-refractivity contribution in [2.75, 3.05) is 13.6 Å². The lowest BCUT2D eigenvalue weighted by molar-refractivity contribution is -0.119. The van der Waals surface area contributed by atoms with Crippen LogP contribution in [0.5, 0.6) is 0 Å². The highest BCUT2D eigenvalue weighted by atomic mass is 16.1. The normalized spacial score (nSPS) is 12.6. The predicted octanol–water partition coefficient (Wildman–Crippen LogP) is 0.901. The second-order valence-electron chi connectivity index (χ2n) is 2.95. The van der Waals surface area contributed by atoms with E-state index in [1.54, 1.807) is 7.05 Å². The van der Waals surface area contributed by atoms with Crippen LogP contribution in [0.3, 0.4) is 0 Å². The Bertz CT molecular complexity index is 126. The third-order valence-corrected chi connectivity index (χ3v) is 1.96. The summed E-state index contributed by atoms with van der Waals surface area (Å²) in [5.74, 6) is 0.0598. The quantitative estimate of drug-likeness (QED) is 0.625. The maximum Gasteiger partial charge on any atom is 0.233 e. The van der Waals surface area contributed by atoms with Crippen molar-refractivity contribution in [3.63, 3.8) is 0 Å². The van der Waals surface area contributed by atoms with Crippen molar-refractivity contribution >= 4 is 5.91 Å². The van der Waals surface area contributed by atoms with E-state index >= 15 is 0 Å². The van der Waals surface area contributed by atoms with Crippen LogP contribution in [-0.4, -0.2) is 25.5 Å². The van der Waals surface area contributed by atoms with Crippen LogP contribution in [0.1, 0.15) is 33.1 Å². The molecule has 0 radical (unpaired) electrons. The molecule has 0 saturated carbocycles. The minimum Gasteiger partial charge on any atom is -0.358 e. The lowest BCUT2D eigenvalue weighted by Gasteiger charge is -2.14. The third-order valence-electron chi connectivity index (χ3n) is 1.96. The van der Waals surface area contributed by atoms with Gasteiger partial charge in [-0.15, -0.1) is 0 Å². The third kappa shape index (κ3) is 5.13. The molecule has 72 valence electrons. The van der Waals surface area contributed by atoms with Gasteiger partial charge in [0.05, 0.1) is 6.54 Å². The molecular weight excluding hydrogens is 152 g/mol. The Labute approximate surface area is 74.9 Å². The second-order valence-corrected chi connectivity index (χ2v) is 2.95. The van der Waals surface area contributed by atoms with Crippen LogP contribution in [0.25, 0.3) is 0 Å². The minimum absolute atomic E-state index is 0.0598. The van der Waals surface area contributed by atoms with E-state index in [1.165, 1.54) is 6.42 Å². The molecule has 1 unspecified atom stereocenters. The van der Waals surface area contributed by atoms with Gasteiger partial charge in [0.25, 0.3) is 0 Å². The largest absolute Gasteiger partial charge is 0.358 e. The van der Waals surface area contributed by atoms with Crippen LogP contribution in [0.2, 0.25) is 0 Å². The zero-order valence-corrected chi connectivity index (χ0v) is 8.31. The van der Waals surface area contributed by atoms with Gasteiger partial charge >= 0.3 is 0 Å². The first-order valence-electron chi connectivity index (χ1n) is 4.68. The molecule has 0 aromatic rings. The number of hydrogen-bond acceptors (Lipinski definition) is 2. The molecule has 12 heavy (non-hydrogen) atoms. The Morgan fingerprint density at radius 2 is 2.08 bits per heavy atom. The molecule has 1 amide bonds. The van der Waals surface area contributed by atoms with Gasteiger partial charge in [-0.1, -0.05) is 20.3 Å². The van der Waals surface area contributed by atoms with Crippen molar-refractivity contribution in [1.29, 1.82) is 0 Å². The molecule has 0 aliphatic heterocycles. The van der Waals surface area contributed by atoms with E-state index in [9.17, 15) is 4.79 Å². The molecule has 2 N–H and O–H groups in total. The maximum atomic E-state index is 10.9. The van der Waals surface area contributed by atoms with E-state index in [0.29, 0.717) is 12.6 Å². The molecule has 0 rings (SSSR count). The van der Waals surface area contributed by atoms with E-state index in [-0.39, 0.29) is 5.91 Å². The molecule has 3 nitrogen and oxygen atoms in total. The average molecular weight is 172 g/mol. The summed E-state index contributed by atoms with van der Waals surface area (Å²) in [4.78, 5) is 10.9. The molecule has 0 heterocycles. The predicted molar refractivity (Wildman–Crippen MR) is 51.1 cm³/mol. The summed E-state index contributed by atoms with van der Waals surface area (Å²) in [6.45, 7) is 4.73. The monoisotopic (exact) mass is 172 g/mol. The lowest BCUT2D eigenvalue weighted by atomic mass is 10.1. The highest BCUT2D eigenvalue weighted by Crippen LogP contribution is 1.99. The molecule has 0 aliphatic carbocycles. The van der Waals surface area contributed by atoms with Crippen molar-refractivity contribution in [1.82, 2.24) is 10.6 Å². The topological polar surface area (TPSA) is 41.1 Å². The van der Waals surface area contributed by atoms with E-state index in [4.69, 9.17) is 0 Å². The summed E-state index contributed by atoms with van der Waals surface area (Å²) < 4.78 is 0. The highest BCUT2D eigenvalue weighted by Gasteiger charge is 2.05. The molecule has 0 aromatic heterocycles. The molecule has 1 atom stereocenters. The highest BCUT2D eigenvalue weighted by molar-refractivity contribution is 5.77. The minimum atomic E-state index is 0.0598. The molecule has 0 fully saturated rings. The molecule has 3 heteroatoms. The zero-order chi connectivity index (χ0) is 9.40. The Hall–Kier alpha value is -0.570.